The van der Waals surface area contributed by atoms with E-state index in [4.69, 9.17) is 14.2 Å². The van der Waals surface area contributed by atoms with Crippen LogP contribution in [0, 0.1) is 0 Å². The van der Waals surface area contributed by atoms with Crippen molar-refractivity contribution in [3.63, 3.8) is 0 Å². The fourth-order valence-corrected chi connectivity index (χ4v) is 4.85. The van der Waals surface area contributed by atoms with Gasteiger partial charge in [-0.2, -0.15) is 4.98 Å². The molecule has 160 valence electrons. The molecule has 1 N–H and O–H groups in total. The minimum absolute atomic E-state index is 0.123. The number of nitrogens with one attached hydrogen (secondary N) is 1. The number of rotatable bonds is 9. The molecule has 1 aliphatic rings. The maximum absolute atomic E-state index is 12.6. The van der Waals surface area contributed by atoms with Crippen LogP contribution in [0.5, 0.6) is 10.9 Å². The summed E-state index contributed by atoms with van der Waals surface area (Å²) in [4.78, 5) is 17.1. The van der Waals surface area contributed by atoms with Crippen molar-refractivity contribution in [1.29, 1.82) is 0 Å². The lowest BCUT2D eigenvalue weighted by Crippen LogP contribution is -2.33. The Morgan fingerprint density at radius 1 is 1.17 bits per heavy atom. The van der Waals surface area contributed by atoms with Gasteiger partial charge in [0.15, 0.2) is 0 Å². The van der Waals surface area contributed by atoms with E-state index in [-0.39, 0.29) is 23.9 Å². The SMILES string of the molecule is CO[C@@H](C)[C@@H](C)Oc1nc2c(OC(C)C)cc(C(=O)NS(=O)(=O)C3CC3)cc2s1. The van der Waals surface area contributed by atoms with E-state index < -0.39 is 21.2 Å². The van der Waals surface area contributed by atoms with E-state index in [0.29, 0.717) is 34.0 Å². The first-order valence-electron chi connectivity index (χ1n) is 9.47. The zero-order chi connectivity index (χ0) is 21.3. The maximum Gasteiger partial charge on any atom is 0.274 e. The van der Waals surface area contributed by atoms with Crippen molar-refractivity contribution >= 4 is 37.5 Å². The molecule has 1 aliphatic carbocycles. The minimum Gasteiger partial charge on any atom is -0.489 e. The van der Waals surface area contributed by atoms with E-state index in [9.17, 15) is 13.2 Å². The van der Waals surface area contributed by atoms with Gasteiger partial charge in [0, 0.05) is 12.7 Å². The van der Waals surface area contributed by atoms with Crippen molar-refractivity contribution in [2.45, 2.75) is 64.1 Å². The lowest BCUT2D eigenvalue weighted by atomic mass is 10.2. The third-order valence-electron chi connectivity index (χ3n) is 4.58. The predicted octanol–water partition coefficient (Wildman–Crippen LogP) is 3.11. The average Bonchev–Trinajstić information content (AvgIpc) is 3.42. The quantitative estimate of drug-likeness (QED) is 0.636. The first-order chi connectivity index (χ1) is 13.6. The number of amides is 1. The minimum atomic E-state index is -3.64. The van der Waals surface area contributed by atoms with Gasteiger partial charge >= 0.3 is 0 Å². The lowest BCUT2D eigenvalue weighted by molar-refractivity contribution is 0.0232. The van der Waals surface area contributed by atoms with Crippen LogP contribution < -0.4 is 14.2 Å². The highest BCUT2D eigenvalue weighted by Crippen LogP contribution is 2.36. The maximum atomic E-state index is 12.6. The molecule has 10 heteroatoms. The zero-order valence-electron chi connectivity index (χ0n) is 17.1. The van der Waals surface area contributed by atoms with Crippen LogP contribution in [-0.4, -0.2) is 50.0 Å². The fourth-order valence-electron chi connectivity index (χ4n) is 2.60. The second kappa shape index (κ2) is 8.45. The van der Waals surface area contributed by atoms with Crippen molar-refractivity contribution in [2.24, 2.45) is 0 Å². The molecule has 0 spiro atoms. The first-order valence-corrected chi connectivity index (χ1v) is 11.8. The molecule has 1 aromatic heterocycles. The molecule has 0 unspecified atom stereocenters. The normalized spacial score (nSPS) is 16.6. The number of benzene rings is 1. The number of nitrogens with zero attached hydrogens (tertiary/aromatic N) is 1. The molecule has 1 heterocycles. The van der Waals surface area contributed by atoms with Crippen LogP contribution in [0.3, 0.4) is 0 Å². The van der Waals surface area contributed by atoms with Crippen molar-refractivity contribution in [3.05, 3.63) is 17.7 Å². The molecule has 0 saturated heterocycles. The smallest absolute Gasteiger partial charge is 0.274 e. The van der Waals surface area contributed by atoms with E-state index in [2.05, 4.69) is 9.71 Å². The number of hydrogen-bond acceptors (Lipinski definition) is 8. The average molecular weight is 443 g/mol. The number of carbonyl (C=O) groups excluding carboxylic acids is 1. The van der Waals surface area contributed by atoms with Gasteiger partial charge in [-0.3, -0.25) is 4.79 Å². The van der Waals surface area contributed by atoms with Gasteiger partial charge in [-0.05, 0) is 52.7 Å². The number of aromatic nitrogens is 1. The molecule has 0 aliphatic heterocycles. The van der Waals surface area contributed by atoms with Crippen LogP contribution in [0.2, 0.25) is 0 Å². The Morgan fingerprint density at radius 3 is 2.45 bits per heavy atom. The summed E-state index contributed by atoms with van der Waals surface area (Å²) in [6, 6.07) is 3.13. The van der Waals surface area contributed by atoms with Crippen molar-refractivity contribution in [2.75, 3.05) is 7.11 Å². The standard InChI is InChI=1S/C19H26N2O6S2/c1-10(2)26-15-8-13(18(22)21-29(23,24)14-6-7-14)9-16-17(15)20-19(28-16)27-12(4)11(3)25-5/h8-12,14H,6-7H2,1-5H3,(H,21,22)/t11-,12+/m0/s1. The monoisotopic (exact) mass is 442 g/mol. The Labute approximate surface area is 174 Å². The Bertz CT molecular complexity index is 998. The third-order valence-corrected chi connectivity index (χ3v) is 7.30. The summed E-state index contributed by atoms with van der Waals surface area (Å²) in [6.45, 7) is 7.51. The lowest BCUT2D eigenvalue weighted by Gasteiger charge is -2.18. The van der Waals surface area contributed by atoms with E-state index in [1.807, 2.05) is 27.7 Å². The Balaban J connectivity index is 1.93. The number of sulfonamides is 1. The second-order valence-electron chi connectivity index (χ2n) is 7.41. The summed E-state index contributed by atoms with van der Waals surface area (Å²) in [7, 11) is -2.03. The van der Waals surface area contributed by atoms with Gasteiger partial charge in [0.25, 0.3) is 11.1 Å². The molecule has 29 heavy (non-hydrogen) atoms. The van der Waals surface area contributed by atoms with Gasteiger partial charge in [-0.25, -0.2) is 13.1 Å². The second-order valence-corrected chi connectivity index (χ2v) is 10.4. The Morgan fingerprint density at radius 2 is 1.86 bits per heavy atom. The summed E-state index contributed by atoms with van der Waals surface area (Å²) in [5.74, 6) is -0.269. The van der Waals surface area contributed by atoms with Gasteiger partial charge in [-0.1, -0.05) is 11.3 Å². The molecule has 0 radical (unpaired) electrons. The molecule has 1 fully saturated rings. The topological polar surface area (TPSA) is 104 Å². The Kier molecular flexibility index (Phi) is 6.35. The summed E-state index contributed by atoms with van der Waals surface area (Å²) in [5.41, 5.74) is 0.767. The van der Waals surface area contributed by atoms with Gasteiger partial charge in [0.05, 0.1) is 22.2 Å². The highest BCUT2D eigenvalue weighted by atomic mass is 32.2. The van der Waals surface area contributed by atoms with Gasteiger partial charge in [-0.15, -0.1) is 0 Å². The molecule has 1 amide bonds. The van der Waals surface area contributed by atoms with Crippen LogP contribution in [0.4, 0.5) is 0 Å². The van der Waals surface area contributed by atoms with Crippen molar-refractivity contribution in [3.8, 4) is 10.9 Å². The number of thiazole rings is 1. The molecule has 8 nitrogen and oxygen atoms in total. The molecule has 3 rings (SSSR count). The van der Waals surface area contributed by atoms with Gasteiger partial charge < -0.3 is 14.2 Å². The molecule has 2 aromatic rings. The van der Waals surface area contributed by atoms with Gasteiger partial charge in [0.1, 0.15) is 17.4 Å². The first kappa shape index (κ1) is 21.8. The highest BCUT2D eigenvalue weighted by Gasteiger charge is 2.37. The van der Waals surface area contributed by atoms with Crippen LogP contribution in [-0.2, 0) is 14.8 Å². The fraction of sp³-hybridized carbons (Fsp3) is 0.579. The molecule has 2 atom stereocenters. The van der Waals surface area contributed by atoms with E-state index in [1.54, 1.807) is 13.2 Å². The number of fused-ring (bicyclic) bond motifs is 1. The molecule has 0 bridgehead atoms. The van der Waals surface area contributed by atoms with E-state index in [1.165, 1.54) is 17.4 Å². The Hall–Kier alpha value is -1.91. The largest absolute Gasteiger partial charge is 0.489 e. The summed E-state index contributed by atoms with van der Waals surface area (Å²) >= 11 is 1.26. The summed E-state index contributed by atoms with van der Waals surface area (Å²) < 4.78 is 44.0. The van der Waals surface area contributed by atoms with E-state index in [0.717, 1.165) is 0 Å². The van der Waals surface area contributed by atoms with Crippen molar-refractivity contribution < 1.29 is 27.4 Å². The number of carbonyl (C=O) groups is 1. The number of methoxy groups -OCH3 is 1. The van der Waals surface area contributed by atoms with Crippen molar-refractivity contribution in [1.82, 2.24) is 9.71 Å². The molecule has 1 saturated carbocycles. The van der Waals surface area contributed by atoms with E-state index >= 15 is 0 Å². The third kappa shape index (κ3) is 5.18. The van der Waals surface area contributed by atoms with Crippen LogP contribution in [0.15, 0.2) is 12.1 Å². The summed E-state index contributed by atoms with van der Waals surface area (Å²) in [5, 5.41) is -0.0533. The predicted molar refractivity (Wildman–Crippen MR) is 111 cm³/mol. The van der Waals surface area contributed by atoms with Crippen LogP contribution >= 0.6 is 11.3 Å². The molecule has 1 aromatic carbocycles. The van der Waals surface area contributed by atoms with Crippen LogP contribution in [0.1, 0.15) is 50.9 Å². The highest BCUT2D eigenvalue weighted by molar-refractivity contribution is 7.91. The zero-order valence-corrected chi connectivity index (χ0v) is 18.7. The summed E-state index contributed by atoms with van der Waals surface area (Å²) in [6.07, 6.45) is 0.669. The molecular weight excluding hydrogens is 416 g/mol. The number of hydrogen-bond donors (Lipinski definition) is 1. The molecular formula is C19H26N2O6S2. The van der Waals surface area contributed by atoms with Crippen LogP contribution in [0.25, 0.3) is 10.2 Å². The van der Waals surface area contributed by atoms with Gasteiger partial charge in [0.2, 0.25) is 10.0 Å². The number of ether oxygens (including phenoxy) is 3.